The molecule has 0 spiro atoms. The molecule has 0 saturated heterocycles. The van der Waals surface area contributed by atoms with Crippen molar-refractivity contribution in [2.24, 2.45) is 0 Å². The maximum absolute atomic E-state index is 5.86. The van der Waals surface area contributed by atoms with Crippen LogP contribution in [0.3, 0.4) is 0 Å². The zero-order valence-corrected chi connectivity index (χ0v) is 9.63. The predicted octanol–water partition coefficient (Wildman–Crippen LogP) is 3.56. The van der Waals surface area contributed by atoms with Crippen molar-refractivity contribution in [3.8, 4) is 0 Å². The summed E-state index contributed by atoms with van der Waals surface area (Å²) < 4.78 is 6.02. The average molecular weight is 186 g/mol. The number of rotatable bonds is 0. The minimum atomic E-state index is -0.0682. The molecule has 0 amide bonds. The number of thioether (sulfide) groups is 1. The Morgan fingerprint density at radius 3 is 2.00 bits per heavy atom. The van der Waals surface area contributed by atoms with Gasteiger partial charge in [-0.3, -0.25) is 0 Å². The Bertz CT molecular complexity index is 202. The van der Waals surface area contributed by atoms with Crippen LogP contribution in [0.1, 0.15) is 41.5 Å². The standard InChI is InChI=1S/C10H18OS/c1-7-8(2)12-10(5,6)9(3,4)11-7/h1-6H3. The summed E-state index contributed by atoms with van der Waals surface area (Å²) in [7, 11) is 0. The molecule has 0 saturated carbocycles. The third-order valence-corrected chi connectivity index (χ3v) is 4.36. The highest BCUT2D eigenvalue weighted by molar-refractivity contribution is 8.04. The van der Waals surface area contributed by atoms with Gasteiger partial charge in [0.1, 0.15) is 11.4 Å². The second kappa shape index (κ2) is 2.69. The van der Waals surface area contributed by atoms with Gasteiger partial charge in [0, 0.05) is 4.91 Å². The monoisotopic (exact) mass is 186 g/mol. The second-order valence-corrected chi connectivity index (χ2v) is 6.17. The van der Waals surface area contributed by atoms with Crippen LogP contribution in [0.25, 0.3) is 0 Å². The molecule has 0 radical (unpaired) electrons. The molecule has 1 rings (SSSR count). The van der Waals surface area contributed by atoms with Gasteiger partial charge >= 0.3 is 0 Å². The lowest BCUT2D eigenvalue weighted by atomic mass is 9.93. The molecule has 0 aliphatic carbocycles. The molecule has 70 valence electrons. The van der Waals surface area contributed by atoms with E-state index in [2.05, 4.69) is 34.6 Å². The van der Waals surface area contributed by atoms with Crippen molar-refractivity contribution < 1.29 is 4.74 Å². The molecule has 0 N–H and O–H groups in total. The third-order valence-electron chi connectivity index (χ3n) is 2.76. The van der Waals surface area contributed by atoms with E-state index in [0.29, 0.717) is 0 Å². The fourth-order valence-corrected chi connectivity index (χ4v) is 2.39. The number of allylic oxidation sites excluding steroid dienone is 2. The van der Waals surface area contributed by atoms with E-state index in [1.54, 1.807) is 0 Å². The predicted molar refractivity (Wildman–Crippen MR) is 55.2 cm³/mol. The Morgan fingerprint density at radius 2 is 1.58 bits per heavy atom. The molecule has 0 fully saturated rings. The molecule has 1 heterocycles. The summed E-state index contributed by atoms with van der Waals surface area (Å²) in [6.07, 6.45) is 0. The van der Waals surface area contributed by atoms with Crippen molar-refractivity contribution >= 4 is 11.8 Å². The summed E-state index contributed by atoms with van der Waals surface area (Å²) in [5.74, 6) is 1.07. The molecular formula is C10H18OS. The summed E-state index contributed by atoms with van der Waals surface area (Å²) in [5.41, 5.74) is -0.0682. The van der Waals surface area contributed by atoms with Gasteiger partial charge in [0.15, 0.2) is 0 Å². The van der Waals surface area contributed by atoms with Crippen molar-refractivity contribution in [3.05, 3.63) is 10.7 Å². The Morgan fingerprint density at radius 1 is 1.08 bits per heavy atom. The van der Waals surface area contributed by atoms with E-state index in [0.717, 1.165) is 5.76 Å². The van der Waals surface area contributed by atoms with Crippen LogP contribution in [0.15, 0.2) is 10.7 Å². The lowest BCUT2D eigenvalue weighted by Crippen LogP contribution is -2.46. The molecule has 0 aromatic rings. The van der Waals surface area contributed by atoms with E-state index in [9.17, 15) is 0 Å². The maximum Gasteiger partial charge on any atom is 0.117 e. The Balaban J connectivity index is 3.00. The average Bonchev–Trinajstić information content (AvgIpc) is 1.82. The normalized spacial score (nSPS) is 26.8. The van der Waals surface area contributed by atoms with Crippen LogP contribution in [0.4, 0.5) is 0 Å². The number of ether oxygens (including phenoxy) is 1. The number of hydrogen-bond donors (Lipinski definition) is 0. The first kappa shape index (κ1) is 9.97. The molecule has 12 heavy (non-hydrogen) atoms. The van der Waals surface area contributed by atoms with Crippen molar-refractivity contribution in [3.63, 3.8) is 0 Å². The molecule has 0 unspecified atom stereocenters. The molecule has 0 bridgehead atoms. The van der Waals surface area contributed by atoms with E-state index in [1.807, 2.05) is 18.7 Å². The summed E-state index contributed by atoms with van der Waals surface area (Å²) in [6.45, 7) is 12.9. The zero-order valence-electron chi connectivity index (χ0n) is 8.82. The van der Waals surface area contributed by atoms with Crippen molar-refractivity contribution in [2.45, 2.75) is 51.9 Å². The quantitative estimate of drug-likeness (QED) is 0.572. The Hall–Kier alpha value is -0.110. The van der Waals surface area contributed by atoms with Gasteiger partial charge in [0.25, 0.3) is 0 Å². The molecule has 1 aliphatic rings. The maximum atomic E-state index is 5.86. The van der Waals surface area contributed by atoms with Crippen LogP contribution in [0.5, 0.6) is 0 Å². The van der Waals surface area contributed by atoms with Crippen LogP contribution in [-0.4, -0.2) is 10.3 Å². The molecule has 2 heteroatoms. The van der Waals surface area contributed by atoms with Gasteiger partial charge in [0.05, 0.1) is 4.75 Å². The van der Waals surface area contributed by atoms with Gasteiger partial charge in [-0.1, -0.05) is 0 Å². The fourth-order valence-electron chi connectivity index (χ4n) is 1.15. The fraction of sp³-hybridized carbons (Fsp3) is 0.800. The lowest BCUT2D eigenvalue weighted by Gasteiger charge is -2.45. The van der Waals surface area contributed by atoms with E-state index in [1.165, 1.54) is 4.91 Å². The van der Waals surface area contributed by atoms with Gasteiger partial charge < -0.3 is 4.74 Å². The smallest absolute Gasteiger partial charge is 0.117 e. The number of hydrogen-bond acceptors (Lipinski definition) is 2. The van der Waals surface area contributed by atoms with Crippen molar-refractivity contribution in [1.29, 1.82) is 0 Å². The first-order valence-electron chi connectivity index (χ1n) is 4.32. The van der Waals surface area contributed by atoms with Gasteiger partial charge in [-0.15, -0.1) is 11.8 Å². The molecule has 1 nitrogen and oxygen atoms in total. The largest absolute Gasteiger partial charge is 0.490 e. The molecular weight excluding hydrogens is 168 g/mol. The van der Waals surface area contributed by atoms with Crippen molar-refractivity contribution in [2.75, 3.05) is 0 Å². The van der Waals surface area contributed by atoms with Crippen LogP contribution in [-0.2, 0) is 4.74 Å². The molecule has 0 atom stereocenters. The highest BCUT2D eigenvalue weighted by atomic mass is 32.2. The van der Waals surface area contributed by atoms with Crippen LogP contribution < -0.4 is 0 Å². The molecule has 0 aromatic carbocycles. The summed E-state index contributed by atoms with van der Waals surface area (Å²) in [4.78, 5) is 1.30. The van der Waals surface area contributed by atoms with Crippen molar-refractivity contribution in [1.82, 2.24) is 0 Å². The Labute approximate surface area is 79.6 Å². The minimum Gasteiger partial charge on any atom is -0.490 e. The second-order valence-electron chi connectivity index (χ2n) is 4.34. The first-order chi connectivity index (χ1) is 5.26. The lowest BCUT2D eigenvalue weighted by molar-refractivity contribution is 0.00570. The summed E-state index contributed by atoms with van der Waals surface area (Å²) in [5, 5.41) is 0. The SMILES string of the molecule is CC1=C(C)SC(C)(C)C(C)(C)O1. The highest BCUT2D eigenvalue weighted by Gasteiger charge is 2.43. The van der Waals surface area contributed by atoms with Gasteiger partial charge in [-0.2, -0.15) is 0 Å². The van der Waals surface area contributed by atoms with Gasteiger partial charge in [0.2, 0.25) is 0 Å². The topological polar surface area (TPSA) is 9.23 Å². The summed E-state index contributed by atoms with van der Waals surface area (Å²) >= 11 is 1.91. The van der Waals surface area contributed by atoms with Crippen LogP contribution in [0, 0.1) is 0 Å². The first-order valence-corrected chi connectivity index (χ1v) is 5.13. The Kier molecular flexibility index (Phi) is 2.24. The van der Waals surface area contributed by atoms with E-state index in [4.69, 9.17) is 4.74 Å². The highest BCUT2D eigenvalue weighted by Crippen LogP contribution is 2.47. The van der Waals surface area contributed by atoms with Gasteiger partial charge in [-0.05, 0) is 41.5 Å². The summed E-state index contributed by atoms with van der Waals surface area (Å²) in [6, 6.07) is 0. The van der Waals surface area contributed by atoms with E-state index >= 15 is 0 Å². The minimum absolute atomic E-state index is 0.0682. The zero-order chi connectivity index (χ0) is 9.57. The van der Waals surface area contributed by atoms with E-state index in [-0.39, 0.29) is 10.3 Å². The van der Waals surface area contributed by atoms with E-state index < -0.39 is 0 Å². The van der Waals surface area contributed by atoms with Gasteiger partial charge in [-0.25, -0.2) is 0 Å². The van der Waals surface area contributed by atoms with Crippen LogP contribution in [0.2, 0.25) is 0 Å². The third kappa shape index (κ3) is 1.49. The van der Waals surface area contributed by atoms with Crippen LogP contribution >= 0.6 is 11.8 Å². The molecule has 0 aromatic heterocycles. The molecule has 1 aliphatic heterocycles.